The van der Waals surface area contributed by atoms with Crippen molar-refractivity contribution in [3.63, 3.8) is 0 Å². The van der Waals surface area contributed by atoms with Gasteiger partial charge in [0.15, 0.2) is 11.0 Å². The molecule has 0 fully saturated rings. The third-order valence-electron chi connectivity index (χ3n) is 5.22. The SMILES string of the molecule is C=CCn1c(SCc2nnnn2-c2ccccc2)nc2sc3c(c2c1=O)CCCC3. The lowest BCUT2D eigenvalue weighted by Crippen LogP contribution is -2.23. The van der Waals surface area contributed by atoms with Crippen LogP contribution < -0.4 is 5.56 Å². The van der Waals surface area contributed by atoms with Crippen LogP contribution in [0.4, 0.5) is 0 Å². The summed E-state index contributed by atoms with van der Waals surface area (Å²) >= 11 is 3.14. The van der Waals surface area contributed by atoms with Gasteiger partial charge < -0.3 is 0 Å². The maximum Gasteiger partial charge on any atom is 0.263 e. The standard InChI is InChI=1S/C21H20N6OS2/c1-2-12-26-20(28)18-15-10-6-7-11-16(15)30-19(18)22-21(26)29-13-17-23-24-25-27(17)14-8-4-3-5-9-14/h2-5,8-9H,1,6-7,10-13H2. The quantitative estimate of drug-likeness (QED) is 0.260. The van der Waals surface area contributed by atoms with Crippen LogP contribution in [0.25, 0.3) is 15.9 Å². The summed E-state index contributed by atoms with van der Waals surface area (Å²) in [7, 11) is 0. The molecule has 5 rings (SSSR count). The molecule has 1 aliphatic rings. The van der Waals surface area contributed by atoms with Crippen molar-refractivity contribution in [2.75, 3.05) is 0 Å². The summed E-state index contributed by atoms with van der Waals surface area (Å²) in [6.07, 6.45) is 6.08. The fraction of sp³-hybridized carbons (Fsp3) is 0.286. The zero-order valence-corrected chi connectivity index (χ0v) is 18.0. The summed E-state index contributed by atoms with van der Waals surface area (Å²) in [4.78, 5) is 20.4. The molecule has 0 bridgehead atoms. The summed E-state index contributed by atoms with van der Waals surface area (Å²) in [6, 6.07) is 9.76. The first-order chi connectivity index (χ1) is 14.8. The van der Waals surface area contributed by atoms with Crippen LogP contribution in [0.15, 0.2) is 52.9 Å². The molecular formula is C21H20N6OS2. The van der Waals surface area contributed by atoms with Crippen LogP contribution in [0, 0.1) is 0 Å². The van der Waals surface area contributed by atoms with E-state index >= 15 is 0 Å². The van der Waals surface area contributed by atoms with Gasteiger partial charge in [0.1, 0.15) is 4.83 Å². The van der Waals surface area contributed by atoms with Gasteiger partial charge in [0.25, 0.3) is 5.56 Å². The number of nitrogens with zero attached hydrogens (tertiary/aromatic N) is 6. The highest BCUT2D eigenvalue weighted by atomic mass is 32.2. The zero-order valence-electron chi connectivity index (χ0n) is 16.3. The average Bonchev–Trinajstić information content (AvgIpc) is 3.39. The van der Waals surface area contributed by atoms with E-state index in [0.717, 1.165) is 35.2 Å². The summed E-state index contributed by atoms with van der Waals surface area (Å²) in [6.45, 7) is 4.26. The van der Waals surface area contributed by atoms with Gasteiger partial charge in [-0.05, 0) is 53.8 Å². The minimum atomic E-state index is 0.0319. The van der Waals surface area contributed by atoms with E-state index < -0.39 is 0 Å². The Balaban J connectivity index is 1.52. The fourth-order valence-corrected chi connectivity index (χ4v) is 6.03. The Hall–Kier alpha value is -2.78. The number of aryl methyl sites for hydroxylation is 2. The predicted molar refractivity (Wildman–Crippen MR) is 119 cm³/mol. The highest BCUT2D eigenvalue weighted by molar-refractivity contribution is 7.98. The molecule has 3 aromatic heterocycles. The van der Waals surface area contributed by atoms with E-state index in [1.54, 1.807) is 26.7 Å². The summed E-state index contributed by atoms with van der Waals surface area (Å²) in [5.74, 6) is 1.21. The van der Waals surface area contributed by atoms with Crippen LogP contribution in [0.1, 0.15) is 29.1 Å². The number of allylic oxidation sites excluding steroid dienone is 1. The number of aromatic nitrogens is 6. The molecule has 9 heteroatoms. The molecule has 4 aromatic rings. The molecule has 1 aliphatic carbocycles. The number of thioether (sulfide) groups is 1. The number of rotatable bonds is 6. The van der Waals surface area contributed by atoms with Gasteiger partial charge in [-0.15, -0.1) is 23.0 Å². The molecule has 0 aliphatic heterocycles. The Morgan fingerprint density at radius 2 is 2.03 bits per heavy atom. The first-order valence-corrected chi connectivity index (χ1v) is 11.7. The predicted octanol–water partition coefficient (Wildman–Crippen LogP) is 3.79. The second-order valence-electron chi connectivity index (χ2n) is 7.12. The van der Waals surface area contributed by atoms with Crippen LogP contribution >= 0.6 is 23.1 Å². The van der Waals surface area contributed by atoms with Crippen LogP contribution in [-0.4, -0.2) is 29.8 Å². The van der Waals surface area contributed by atoms with Crippen LogP contribution in [0.2, 0.25) is 0 Å². The van der Waals surface area contributed by atoms with Crippen molar-refractivity contribution >= 4 is 33.3 Å². The molecule has 0 amide bonds. The number of para-hydroxylation sites is 1. The summed E-state index contributed by atoms with van der Waals surface area (Å²) < 4.78 is 3.43. The minimum Gasteiger partial charge on any atom is -0.283 e. The number of thiophene rings is 1. The van der Waals surface area contributed by atoms with E-state index in [4.69, 9.17) is 4.98 Å². The van der Waals surface area contributed by atoms with Crippen LogP contribution in [-0.2, 0) is 25.1 Å². The molecular weight excluding hydrogens is 416 g/mol. The van der Waals surface area contributed by atoms with E-state index in [1.807, 2.05) is 30.3 Å². The Kier molecular flexibility index (Phi) is 5.22. The molecule has 7 nitrogen and oxygen atoms in total. The number of hydrogen-bond acceptors (Lipinski definition) is 7. The molecule has 0 saturated heterocycles. The van der Waals surface area contributed by atoms with Gasteiger partial charge in [-0.25, -0.2) is 4.98 Å². The highest BCUT2D eigenvalue weighted by Gasteiger charge is 2.22. The fourth-order valence-electron chi connectivity index (χ4n) is 3.81. The lowest BCUT2D eigenvalue weighted by Gasteiger charge is -2.12. The summed E-state index contributed by atoms with van der Waals surface area (Å²) in [5.41, 5.74) is 2.14. The van der Waals surface area contributed by atoms with E-state index in [2.05, 4.69) is 22.1 Å². The van der Waals surface area contributed by atoms with Gasteiger partial charge >= 0.3 is 0 Å². The highest BCUT2D eigenvalue weighted by Crippen LogP contribution is 2.35. The Labute approximate surface area is 181 Å². The van der Waals surface area contributed by atoms with E-state index in [1.165, 1.54) is 28.6 Å². The molecule has 30 heavy (non-hydrogen) atoms. The van der Waals surface area contributed by atoms with Gasteiger partial charge in [0.05, 0.1) is 16.8 Å². The van der Waals surface area contributed by atoms with Crippen molar-refractivity contribution in [3.05, 3.63) is 69.6 Å². The molecule has 1 aromatic carbocycles. The lowest BCUT2D eigenvalue weighted by atomic mass is 9.97. The van der Waals surface area contributed by atoms with E-state index in [-0.39, 0.29) is 5.56 Å². The van der Waals surface area contributed by atoms with Gasteiger partial charge in [-0.2, -0.15) is 4.68 Å². The van der Waals surface area contributed by atoms with Crippen molar-refractivity contribution < 1.29 is 0 Å². The maximum atomic E-state index is 13.3. The van der Waals surface area contributed by atoms with Gasteiger partial charge in [0, 0.05) is 11.4 Å². The van der Waals surface area contributed by atoms with Crippen molar-refractivity contribution in [1.29, 1.82) is 0 Å². The minimum absolute atomic E-state index is 0.0319. The number of benzene rings is 1. The number of tetrazole rings is 1. The van der Waals surface area contributed by atoms with Gasteiger partial charge in [0.2, 0.25) is 0 Å². The van der Waals surface area contributed by atoms with E-state index in [9.17, 15) is 4.79 Å². The third kappa shape index (κ3) is 3.37. The molecule has 0 N–H and O–H groups in total. The Morgan fingerprint density at radius 1 is 1.20 bits per heavy atom. The Bertz CT molecular complexity index is 1270. The van der Waals surface area contributed by atoms with Crippen molar-refractivity contribution in [2.24, 2.45) is 0 Å². The second-order valence-corrected chi connectivity index (χ2v) is 9.15. The van der Waals surface area contributed by atoms with Crippen molar-refractivity contribution in [3.8, 4) is 5.69 Å². The monoisotopic (exact) mass is 436 g/mol. The van der Waals surface area contributed by atoms with Crippen molar-refractivity contribution in [1.82, 2.24) is 29.8 Å². The molecule has 0 unspecified atom stereocenters. The van der Waals surface area contributed by atoms with E-state index in [0.29, 0.717) is 23.3 Å². The number of fused-ring (bicyclic) bond motifs is 3. The number of hydrogen-bond donors (Lipinski definition) is 0. The second kappa shape index (κ2) is 8.16. The lowest BCUT2D eigenvalue weighted by molar-refractivity contribution is 0.667. The molecule has 0 saturated carbocycles. The first-order valence-electron chi connectivity index (χ1n) is 9.87. The normalized spacial score (nSPS) is 13.5. The maximum absolute atomic E-state index is 13.3. The van der Waals surface area contributed by atoms with Gasteiger partial charge in [-0.3, -0.25) is 9.36 Å². The largest absolute Gasteiger partial charge is 0.283 e. The van der Waals surface area contributed by atoms with Gasteiger partial charge in [-0.1, -0.05) is 36.0 Å². The zero-order chi connectivity index (χ0) is 20.5. The molecule has 0 radical (unpaired) electrons. The molecule has 0 spiro atoms. The Morgan fingerprint density at radius 3 is 2.87 bits per heavy atom. The first kappa shape index (κ1) is 19.2. The van der Waals surface area contributed by atoms with Crippen LogP contribution in [0.5, 0.6) is 0 Å². The van der Waals surface area contributed by atoms with Crippen molar-refractivity contribution in [2.45, 2.75) is 43.1 Å². The molecule has 0 atom stereocenters. The molecule has 3 heterocycles. The smallest absolute Gasteiger partial charge is 0.263 e. The van der Waals surface area contributed by atoms with Crippen LogP contribution in [0.3, 0.4) is 0 Å². The molecule has 152 valence electrons. The third-order valence-corrected chi connectivity index (χ3v) is 7.37. The topological polar surface area (TPSA) is 78.5 Å². The summed E-state index contributed by atoms with van der Waals surface area (Å²) in [5, 5.41) is 13.6. The average molecular weight is 437 g/mol.